The van der Waals surface area contributed by atoms with E-state index in [2.05, 4.69) is 37.9 Å². The molecule has 5 atom stereocenters. The molecule has 2 fully saturated rings. The van der Waals surface area contributed by atoms with Crippen LogP contribution in [-0.4, -0.2) is 49.8 Å². The highest BCUT2D eigenvalue weighted by Gasteiger charge is 2.35. The summed E-state index contributed by atoms with van der Waals surface area (Å²) in [7, 11) is 0. The molecule has 0 aromatic rings. The molecule has 1 saturated carbocycles. The maximum Gasteiger partial charge on any atom is 0.0700 e. The normalized spacial score (nSPS) is 38.6. The zero-order valence-electron chi connectivity index (χ0n) is 14.6. The van der Waals surface area contributed by atoms with Crippen LogP contribution in [0.4, 0.5) is 0 Å². The maximum atomic E-state index is 5.82. The molecule has 21 heavy (non-hydrogen) atoms. The number of morpholine rings is 1. The molecular formula is C18H36N2O. The number of nitrogens with zero attached hydrogens (tertiary/aromatic N) is 1. The van der Waals surface area contributed by atoms with Gasteiger partial charge in [0.2, 0.25) is 0 Å². The number of nitrogens with one attached hydrogen (secondary N) is 1. The minimum atomic E-state index is 0.457. The lowest BCUT2D eigenvalue weighted by Crippen LogP contribution is -2.52. The first kappa shape index (κ1) is 17.2. The van der Waals surface area contributed by atoms with Crippen molar-refractivity contribution in [2.45, 2.75) is 65.5 Å². The Morgan fingerprint density at radius 2 is 2.00 bits per heavy atom. The van der Waals surface area contributed by atoms with Crippen molar-refractivity contribution in [2.24, 2.45) is 17.8 Å². The molecular weight excluding hydrogens is 260 g/mol. The number of hydrogen-bond acceptors (Lipinski definition) is 3. The summed E-state index contributed by atoms with van der Waals surface area (Å²) >= 11 is 0. The van der Waals surface area contributed by atoms with Gasteiger partial charge in [0.15, 0.2) is 0 Å². The third-order valence-electron chi connectivity index (χ3n) is 5.48. The fourth-order valence-corrected chi connectivity index (χ4v) is 4.27. The van der Waals surface area contributed by atoms with E-state index in [1.807, 2.05) is 0 Å². The zero-order chi connectivity index (χ0) is 15.2. The van der Waals surface area contributed by atoms with Crippen LogP contribution in [0.2, 0.25) is 0 Å². The number of ether oxygens (including phenoxy) is 1. The average molecular weight is 296 g/mol. The van der Waals surface area contributed by atoms with E-state index in [1.165, 1.54) is 32.4 Å². The van der Waals surface area contributed by atoms with E-state index in [1.54, 1.807) is 0 Å². The van der Waals surface area contributed by atoms with Gasteiger partial charge in [-0.3, -0.25) is 4.90 Å². The molecule has 1 saturated heterocycles. The molecule has 2 rings (SSSR count). The molecule has 0 aromatic heterocycles. The molecule has 0 spiro atoms. The standard InChI is InChI=1S/C18H36N2O/c1-5-7-19-18-11-14(3)10-15(4)17(18)13-20-8-9-21-16(6-2)12-20/h14-19H,5-13H2,1-4H3. The summed E-state index contributed by atoms with van der Waals surface area (Å²) < 4.78 is 5.82. The predicted octanol–water partition coefficient (Wildman–Crippen LogP) is 3.15. The molecule has 0 aromatic carbocycles. The molecule has 124 valence electrons. The van der Waals surface area contributed by atoms with Crippen molar-refractivity contribution in [2.75, 3.05) is 32.8 Å². The van der Waals surface area contributed by atoms with E-state index in [0.717, 1.165) is 43.9 Å². The SMILES string of the molecule is CCCNC1CC(C)CC(C)C1CN1CCOC(CC)C1. The van der Waals surface area contributed by atoms with Crippen LogP contribution in [0.1, 0.15) is 53.4 Å². The minimum Gasteiger partial charge on any atom is -0.376 e. The molecule has 0 amide bonds. The van der Waals surface area contributed by atoms with Gasteiger partial charge in [0, 0.05) is 25.7 Å². The Balaban J connectivity index is 1.93. The molecule has 5 unspecified atom stereocenters. The predicted molar refractivity (Wildman–Crippen MR) is 89.6 cm³/mol. The van der Waals surface area contributed by atoms with Crippen LogP contribution in [0.25, 0.3) is 0 Å². The summed E-state index contributed by atoms with van der Waals surface area (Å²) in [5, 5.41) is 3.84. The van der Waals surface area contributed by atoms with Crippen LogP contribution in [0.15, 0.2) is 0 Å². The first-order chi connectivity index (χ1) is 10.1. The van der Waals surface area contributed by atoms with E-state index in [9.17, 15) is 0 Å². The van der Waals surface area contributed by atoms with Gasteiger partial charge in [-0.15, -0.1) is 0 Å². The maximum absolute atomic E-state index is 5.82. The van der Waals surface area contributed by atoms with Gasteiger partial charge in [-0.2, -0.15) is 0 Å². The Kier molecular flexibility index (Phi) is 6.97. The van der Waals surface area contributed by atoms with Crippen molar-refractivity contribution in [3.05, 3.63) is 0 Å². The van der Waals surface area contributed by atoms with E-state index in [-0.39, 0.29) is 0 Å². The smallest absolute Gasteiger partial charge is 0.0700 e. The molecule has 0 radical (unpaired) electrons. The second-order valence-corrected chi connectivity index (χ2v) is 7.44. The zero-order valence-corrected chi connectivity index (χ0v) is 14.6. The Bertz CT molecular complexity index is 297. The average Bonchev–Trinajstić information content (AvgIpc) is 2.48. The lowest BCUT2D eigenvalue weighted by molar-refractivity contribution is -0.0417. The molecule has 1 aliphatic carbocycles. The Morgan fingerprint density at radius 3 is 2.71 bits per heavy atom. The fraction of sp³-hybridized carbons (Fsp3) is 1.00. The van der Waals surface area contributed by atoms with Crippen LogP contribution in [-0.2, 0) is 4.74 Å². The number of rotatable bonds is 6. The van der Waals surface area contributed by atoms with Crippen LogP contribution in [0.5, 0.6) is 0 Å². The minimum absolute atomic E-state index is 0.457. The van der Waals surface area contributed by atoms with Crippen molar-refractivity contribution in [1.29, 1.82) is 0 Å². The molecule has 1 heterocycles. The van der Waals surface area contributed by atoms with E-state index in [4.69, 9.17) is 4.74 Å². The summed E-state index contributed by atoms with van der Waals surface area (Å²) in [6.07, 6.45) is 5.60. The van der Waals surface area contributed by atoms with Crippen LogP contribution in [0, 0.1) is 17.8 Å². The van der Waals surface area contributed by atoms with E-state index < -0.39 is 0 Å². The van der Waals surface area contributed by atoms with Gasteiger partial charge in [0.1, 0.15) is 0 Å². The summed E-state index contributed by atoms with van der Waals surface area (Å²) in [4.78, 5) is 2.66. The van der Waals surface area contributed by atoms with Crippen molar-refractivity contribution in [3.63, 3.8) is 0 Å². The van der Waals surface area contributed by atoms with Gasteiger partial charge in [-0.05, 0) is 50.0 Å². The summed E-state index contributed by atoms with van der Waals surface area (Å²) in [6.45, 7) is 15.0. The van der Waals surface area contributed by atoms with Crippen molar-refractivity contribution < 1.29 is 4.74 Å². The Labute approximate surface area is 131 Å². The molecule has 3 nitrogen and oxygen atoms in total. The molecule has 1 N–H and O–H groups in total. The third kappa shape index (κ3) is 4.94. The van der Waals surface area contributed by atoms with E-state index >= 15 is 0 Å². The quantitative estimate of drug-likeness (QED) is 0.815. The third-order valence-corrected chi connectivity index (χ3v) is 5.48. The topological polar surface area (TPSA) is 24.5 Å². The second kappa shape index (κ2) is 8.50. The molecule has 2 aliphatic rings. The Hall–Kier alpha value is -0.120. The van der Waals surface area contributed by atoms with Crippen molar-refractivity contribution >= 4 is 0 Å². The summed E-state index contributed by atoms with van der Waals surface area (Å²) in [6, 6.07) is 0.714. The molecule has 0 bridgehead atoms. The van der Waals surface area contributed by atoms with Gasteiger partial charge in [0.05, 0.1) is 12.7 Å². The largest absolute Gasteiger partial charge is 0.376 e. The van der Waals surface area contributed by atoms with E-state index in [0.29, 0.717) is 12.1 Å². The molecule has 3 heteroatoms. The monoisotopic (exact) mass is 296 g/mol. The van der Waals surface area contributed by atoms with Gasteiger partial charge in [0.25, 0.3) is 0 Å². The second-order valence-electron chi connectivity index (χ2n) is 7.44. The molecule has 1 aliphatic heterocycles. The van der Waals surface area contributed by atoms with Gasteiger partial charge in [-0.1, -0.05) is 27.7 Å². The van der Waals surface area contributed by atoms with Crippen LogP contribution < -0.4 is 5.32 Å². The first-order valence-corrected chi connectivity index (χ1v) is 9.21. The van der Waals surface area contributed by atoms with Gasteiger partial charge >= 0.3 is 0 Å². The first-order valence-electron chi connectivity index (χ1n) is 9.21. The highest BCUT2D eigenvalue weighted by molar-refractivity contribution is 4.90. The lowest BCUT2D eigenvalue weighted by Gasteiger charge is -2.44. The Morgan fingerprint density at radius 1 is 1.19 bits per heavy atom. The summed E-state index contributed by atoms with van der Waals surface area (Å²) in [5.41, 5.74) is 0. The van der Waals surface area contributed by atoms with Crippen molar-refractivity contribution in [1.82, 2.24) is 10.2 Å². The van der Waals surface area contributed by atoms with Gasteiger partial charge < -0.3 is 10.1 Å². The van der Waals surface area contributed by atoms with Crippen LogP contribution in [0.3, 0.4) is 0 Å². The van der Waals surface area contributed by atoms with Gasteiger partial charge in [-0.25, -0.2) is 0 Å². The fourth-order valence-electron chi connectivity index (χ4n) is 4.27. The highest BCUT2D eigenvalue weighted by atomic mass is 16.5. The summed E-state index contributed by atoms with van der Waals surface area (Å²) in [5.74, 6) is 2.52. The van der Waals surface area contributed by atoms with Crippen molar-refractivity contribution in [3.8, 4) is 0 Å². The number of hydrogen-bond donors (Lipinski definition) is 1. The lowest BCUT2D eigenvalue weighted by atomic mass is 9.72. The highest BCUT2D eigenvalue weighted by Crippen LogP contribution is 2.34. The van der Waals surface area contributed by atoms with Crippen LogP contribution >= 0.6 is 0 Å².